The maximum absolute atomic E-state index is 13.4. The molecule has 5 nitrogen and oxygen atoms in total. The Morgan fingerprint density at radius 3 is 2.80 bits per heavy atom. The quantitative estimate of drug-likeness (QED) is 0.872. The molecule has 1 saturated heterocycles. The Morgan fingerprint density at radius 2 is 2.25 bits per heavy atom. The molecule has 20 heavy (non-hydrogen) atoms. The highest BCUT2D eigenvalue weighted by Gasteiger charge is 2.46. The molecule has 1 N–H and O–H groups in total. The summed E-state index contributed by atoms with van der Waals surface area (Å²) >= 11 is 0. The first-order valence-electron chi connectivity index (χ1n) is 6.30. The number of benzene rings is 1. The molecule has 2 rings (SSSR count). The fraction of sp³-hybridized carbons (Fsp3) is 0.538. The molecule has 0 radical (unpaired) electrons. The molecule has 0 aromatic heterocycles. The minimum atomic E-state index is -3.41. The van der Waals surface area contributed by atoms with Crippen LogP contribution in [0.5, 0.6) is 0 Å². The summed E-state index contributed by atoms with van der Waals surface area (Å²) in [4.78, 5) is 0. The molecule has 0 spiro atoms. The molecule has 1 fully saturated rings. The van der Waals surface area contributed by atoms with E-state index in [0.29, 0.717) is 5.56 Å². The lowest BCUT2D eigenvalue weighted by molar-refractivity contribution is -0.162. The summed E-state index contributed by atoms with van der Waals surface area (Å²) in [7, 11) is -3.41. The van der Waals surface area contributed by atoms with E-state index in [-0.39, 0.29) is 19.0 Å². The normalized spacial score (nSPS) is 26.9. The molecule has 1 aliphatic heterocycles. The minimum Gasteiger partial charge on any atom is -0.394 e. The average Bonchev–Trinajstić information content (AvgIpc) is 2.83. The fourth-order valence-electron chi connectivity index (χ4n) is 2.08. The van der Waals surface area contributed by atoms with Crippen molar-refractivity contribution < 1.29 is 27.4 Å². The summed E-state index contributed by atoms with van der Waals surface area (Å²) in [5.74, 6) is -2.53. The Bertz CT molecular complexity index is 574. The molecule has 1 aromatic rings. The monoisotopic (exact) mass is 304 g/mol. The first kappa shape index (κ1) is 15.4. The van der Waals surface area contributed by atoms with Crippen molar-refractivity contribution in [3.63, 3.8) is 0 Å². The summed E-state index contributed by atoms with van der Waals surface area (Å²) < 4.78 is 48.2. The van der Waals surface area contributed by atoms with Gasteiger partial charge in [0.2, 0.25) is 5.79 Å². The van der Waals surface area contributed by atoms with Crippen LogP contribution in [0.4, 0.5) is 4.39 Å². The van der Waals surface area contributed by atoms with Gasteiger partial charge in [-0.2, -0.15) is 0 Å². The highest BCUT2D eigenvalue weighted by Crippen LogP contribution is 2.36. The molecule has 0 aliphatic carbocycles. The van der Waals surface area contributed by atoms with Crippen molar-refractivity contribution in [2.75, 3.05) is 24.7 Å². The maximum atomic E-state index is 13.4. The van der Waals surface area contributed by atoms with Gasteiger partial charge in [-0.05, 0) is 12.1 Å². The molecule has 1 heterocycles. The summed E-state index contributed by atoms with van der Waals surface area (Å²) in [6, 6.07) is 5.45. The zero-order valence-electron chi connectivity index (χ0n) is 11.1. The van der Waals surface area contributed by atoms with E-state index in [1.54, 1.807) is 6.07 Å². The van der Waals surface area contributed by atoms with Gasteiger partial charge in [-0.25, -0.2) is 12.8 Å². The molecule has 112 valence electrons. The van der Waals surface area contributed by atoms with Crippen LogP contribution in [0.25, 0.3) is 0 Å². The largest absolute Gasteiger partial charge is 0.394 e. The molecule has 2 atom stereocenters. The van der Waals surface area contributed by atoms with Gasteiger partial charge in [-0.1, -0.05) is 19.1 Å². The van der Waals surface area contributed by atoms with Crippen LogP contribution in [-0.2, 0) is 25.1 Å². The van der Waals surface area contributed by atoms with Crippen LogP contribution in [0.1, 0.15) is 12.5 Å². The number of sulfone groups is 1. The number of halogens is 1. The summed E-state index contributed by atoms with van der Waals surface area (Å²) in [6.07, 6.45) is -0.620. The third-order valence-corrected chi connectivity index (χ3v) is 4.88. The first-order chi connectivity index (χ1) is 9.41. The van der Waals surface area contributed by atoms with Crippen LogP contribution in [0.3, 0.4) is 0 Å². The van der Waals surface area contributed by atoms with Gasteiger partial charge >= 0.3 is 0 Å². The van der Waals surface area contributed by atoms with Crippen molar-refractivity contribution in [3.8, 4) is 0 Å². The third kappa shape index (κ3) is 3.17. The second-order valence-electron chi connectivity index (χ2n) is 4.67. The predicted molar refractivity (Wildman–Crippen MR) is 70.3 cm³/mol. The predicted octanol–water partition coefficient (Wildman–Crippen LogP) is 0.821. The van der Waals surface area contributed by atoms with Gasteiger partial charge in [-0.15, -0.1) is 0 Å². The SMILES string of the molecule is CCS(=O)(=O)C[C@@]1(c2cccc(F)c2)OC[C@H](CO)O1. The molecule has 0 amide bonds. The van der Waals surface area contributed by atoms with E-state index in [1.165, 1.54) is 25.1 Å². The maximum Gasteiger partial charge on any atom is 0.209 e. The van der Waals surface area contributed by atoms with Gasteiger partial charge in [0.1, 0.15) is 17.7 Å². The standard InChI is InChI=1S/C13H17FO5S/c1-2-20(16,17)9-13(18-8-12(7-15)19-13)10-4-3-5-11(14)6-10/h3-6,12,15H,2,7-9H2,1H3/t12-,13+/m0/s1. The number of ether oxygens (including phenoxy) is 2. The molecule has 1 aromatic carbocycles. The van der Waals surface area contributed by atoms with Crippen LogP contribution in [0.2, 0.25) is 0 Å². The van der Waals surface area contributed by atoms with Crippen LogP contribution >= 0.6 is 0 Å². The lowest BCUT2D eigenvalue weighted by atomic mass is 10.1. The van der Waals surface area contributed by atoms with E-state index in [9.17, 15) is 12.8 Å². The Balaban J connectivity index is 2.40. The summed E-state index contributed by atoms with van der Waals surface area (Å²) in [6.45, 7) is 1.29. The molecular weight excluding hydrogens is 287 g/mol. The number of aliphatic hydroxyl groups is 1. The zero-order chi connectivity index (χ0) is 14.8. The molecule has 1 aliphatic rings. The van der Waals surface area contributed by atoms with Crippen molar-refractivity contribution in [3.05, 3.63) is 35.6 Å². The minimum absolute atomic E-state index is 0.0618. The molecule has 7 heteroatoms. The van der Waals surface area contributed by atoms with Crippen LogP contribution in [0.15, 0.2) is 24.3 Å². The van der Waals surface area contributed by atoms with Crippen molar-refractivity contribution >= 4 is 9.84 Å². The highest BCUT2D eigenvalue weighted by molar-refractivity contribution is 7.91. The number of hydrogen-bond donors (Lipinski definition) is 1. The third-order valence-electron chi connectivity index (χ3n) is 3.18. The topological polar surface area (TPSA) is 72.8 Å². The lowest BCUT2D eigenvalue weighted by Crippen LogP contribution is -2.37. The lowest BCUT2D eigenvalue weighted by Gasteiger charge is -2.28. The smallest absolute Gasteiger partial charge is 0.209 e. The second-order valence-corrected chi connectivity index (χ2v) is 7.03. The van der Waals surface area contributed by atoms with Gasteiger partial charge < -0.3 is 14.6 Å². The van der Waals surface area contributed by atoms with E-state index in [4.69, 9.17) is 14.6 Å². The number of hydrogen-bond acceptors (Lipinski definition) is 5. The van der Waals surface area contributed by atoms with E-state index < -0.39 is 33.3 Å². The molecule has 0 saturated carbocycles. The Hall–Kier alpha value is -1.02. The van der Waals surface area contributed by atoms with E-state index in [1.807, 2.05) is 0 Å². The van der Waals surface area contributed by atoms with Gasteiger partial charge in [0.15, 0.2) is 9.84 Å². The molecule has 0 unspecified atom stereocenters. The number of aliphatic hydroxyl groups excluding tert-OH is 1. The van der Waals surface area contributed by atoms with E-state index in [2.05, 4.69) is 0 Å². The number of rotatable bonds is 5. The van der Waals surface area contributed by atoms with Gasteiger partial charge in [0.25, 0.3) is 0 Å². The Kier molecular flexibility index (Phi) is 4.43. The van der Waals surface area contributed by atoms with Crippen molar-refractivity contribution in [2.24, 2.45) is 0 Å². The molecular formula is C13H17FO5S. The molecule has 0 bridgehead atoms. The van der Waals surface area contributed by atoms with Gasteiger partial charge in [-0.3, -0.25) is 0 Å². The average molecular weight is 304 g/mol. The van der Waals surface area contributed by atoms with E-state index in [0.717, 1.165) is 0 Å². The first-order valence-corrected chi connectivity index (χ1v) is 8.12. The van der Waals surface area contributed by atoms with Crippen LogP contribution in [-0.4, -0.2) is 44.3 Å². The van der Waals surface area contributed by atoms with E-state index >= 15 is 0 Å². The summed E-state index contributed by atoms with van der Waals surface area (Å²) in [5, 5.41) is 9.13. The van der Waals surface area contributed by atoms with Crippen molar-refractivity contribution in [1.82, 2.24) is 0 Å². The van der Waals surface area contributed by atoms with Gasteiger partial charge in [0, 0.05) is 11.3 Å². The zero-order valence-corrected chi connectivity index (χ0v) is 11.9. The Morgan fingerprint density at radius 1 is 1.50 bits per heavy atom. The van der Waals surface area contributed by atoms with Crippen LogP contribution in [0, 0.1) is 5.82 Å². The van der Waals surface area contributed by atoms with Crippen LogP contribution < -0.4 is 0 Å². The second kappa shape index (κ2) is 5.77. The van der Waals surface area contributed by atoms with Gasteiger partial charge in [0.05, 0.1) is 13.2 Å². The Labute approximate surface area is 117 Å². The van der Waals surface area contributed by atoms with Crippen molar-refractivity contribution in [2.45, 2.75) is 18.8 Å². The summed E-state index contributed by atoms with van der Waals surface area (Å²) in [5.41, 5.74) is 0.297. The van der Waals surface area contributed by atoms with Crippen molar-refractivity contribution in [1.29, 1.82) is 0 Å². The fourth-order valence-corrected chi connectivity index (χ4v) is 3.18. The highest BCUT2D eigenvalue weighted by atomic mass is 32.2.